The van der Waals surface area contributed by atoms with E-state index in [1.54, 1.807) is 0 Å². The zero-order valence-electron chi connectivity index (χ0n) is 12.0. The van der Waals surface area contributed by atoms with Crippen LogP contribution in [-0.4, -0.2) is 24.7 Å². The van der Waals surface area contributed by atoms with E-state index in [0.717, 1.165) is 30.0 Å². The van der Waals surface area contributed by atoms with Gasteiger partial charge in [0.2, 0.25) is 0 Å². The minimum atomic E-state index is 0.750. The normalized spacial score (nSPS) is 39.5. The van der Waals surface area contributed by atoms with Crippen LogP contribution in [0.25, 0.3) is 0 Å². The Labute approximate surface area is 112 Å². The summed E-state index contributed by atoms with van der Waals surface area (Å²) < 4.78 is 0. The molecule has 4 unspecified atom stereocenters. The van der Waals surface area contributed by atoms with Crippen LogP contribution in [0.2, 0.25) is 0 Å². The number of hydrogen-bond donors (Lipinski definition) is 2. The van der Waals surface area contributed by atoms with Crippen molar-refractivity contribution < 1.29 is 0 Å². The highest BCUT2D eigenvalue weighted by Gasteiger charge is 2.36. The second-order valence-corrected chi connectivity index (χ2v) is 6.90. The first-order chi connectivity index (χ1) is 8.84. The fourth-order valence-corrected chi connectivity index (χ4v) is 4.69. The van der Waals surface area contributed by atoms with Gasteiger partial charge in [0.05, 0.1) is 0 Å². The zero-order valence-corrected chi connectivity index (χ0v) is 12.0. The number of nitrogens with one attached hydrogen (secondary N) is 2. The molecule has 18 heavy (non-hydrogen) atoms. The molecular formula is C16H30N2. The maximum Gasteiger partial charge on any atom is 0.0113 e. The molecular weight excluding hydrogens is 220 g/mol. The largest absolute Gasteiger partial charge is 0.314 e. The van der Waals surface area contributed by atoms with E-state index in [2.05, 4.69) is 17.6 Å². The van der Waals surface area contributed by atoms with Crippen molar-refractivity contribution in [3.05, 3.63) is 0 Å². The Balaban J connectivity index is 1.53. The van der Waals surface area contributed by atoms with Crippen molar-refractivity contribution in [1.82, 2.24) is 10.6 Å². The van der Waals surface area contributed by atoms with Crippen LogP contribution < -0.4 is 10.6 Å². The van der Waals surface area contributed by atoms with E-state index in [0.29, 0.717) is 0 Å². The molecule has 4 atom stereocenters. The van der Waals surface area contributed by atoms with Gasteiger partial charge in [-0.05, 0) is 63.8 Å². The highest BCUT2D eigenvalue weighted by atomic mass is 15.0. The first-order valence-corrected chi connectivity index (χ1v) is 8.34. The minimum Gasteiger partial charge on any atom is -0.314 e. The van der Waals surface area contributed by atoms with E-state index in [-0.39, 0.29) is 0 Å². The van der Waals surface area contributed by atoms with Crippen molar-refractivity contribution in [2.45, 2.75) is 82.8 Å². The maximum atomic E-state index is 4.01. The van der Waals surface area contributed by atoms with Crippen LogP contribution in [0.1, 0.15) is 64.7 Å². The Hall–Kier alpha value is -0.0800. The van der Waals surface area contributed by atoms with Gasteiger partial charge < -0.3 is 10.6 Å². The number of hydrogen-bond acceptors (Lipinski definition) is 2. The van der Waals surface area contributed by atoms with Gasteiger partial charge in [-0.15, -0.1) is 0 Å². The molecule has 0 aromatic rings. The van der Waals surface area contributed by atoms with Crippen LogP contribution in [0.4, 0.5) is 0 Å². The molecule has 1 aliphatic heterocycles. The summed E-state index contributed by atoms with van der Waals surface area (Å²) in [6, 6.07) is 2.37. The molecule has 1 heterocycles. The Morgan fingerprint density at radius 1 is 0.944 bits per heavy atom. The van der Waals surface area contributed by atoms with Gasteiger partial charge in [-0.25, -0.2) is 0 Å². The summed E-state index contributed by atoms with van der Waals surface area (Å²) in [5.74, 6) is 1.87. The molecule has 0 aromatic carbocycles. The predicted molar refractivity (Wildman–Crippen MR) is 76.7 cm³/mol. The van der Waals surface area contributed by atoms with Gasteiger partial charge in [0.1, 0.15) is 0 Å². The lowest BCUT2D eigenvalue weighted by Crippen LogP contribution is -2.47. The van der Waals surface area contributed by atoms with Gasteiger partial charge in [-0.2, -0.15) is 0 Å². The summed E-state index contributed by atoms with van der Waals surface area (Å²) in [6.07, 6.45) is 13.0. The monoisotopic (exact) mass is 250 g/mol. The first-order valence-electron chi connectivity index (χ1n) is 8.34. The molecule has 2 N–H and O–H groups in total. The maximum absolute atomic E-state index is 4.01. The van der Waals surface area contributed by atoms with Crippen molar-refractivity contribution in [1.29, 1.82) is 0 Å². The summed E-state index contributed by atoms with van der Waals surface area (Å²) >= 11 is 0. The molecule has 0 bridgehead atoms. The lowest BCUT2D eigenvalue weighted by atomic mass is 9.91. The number of rotatable bonds is 4. The van der Waals surface area contributed by atoms with E-state index in [1.165, 1.54) is 64.3 Å². The smallest absolute Gasteiger partial charge is 0.0113 e. The van der Waals surface area contributed by atoms with E-state index < -0.39 is 0 Å². The average Bonchev–Trinajstić information content (AvgIpc) is 3.11. The predicted octanol–water partition coefficient (Wildman–Crippen LogP) is 3.08. The third-order valence-corrected chi connectivity index (χ3v) is 5.77. The SMILES string of the molecule is CC(NC1CCCC1C1CCCN1)C1CCCC1. The molecule has 104 valence electrons. The van der Waals surface area contributed by atoms with Gasteiger partial charge in [0.25, 0.3) is 0 Å². The summed E-state index contributed by atoms with van der Waals surface area (Å²) in [6.45, 7) is 3.69. The van der Waals surface area contributed by atoms with Crippen LogP contribution in [-0.2, 0) is 0 Å². The Kier molecular flexibility index (Phi) is 4.25. The fourth-order valence-electron chi connectivity index (χ4n) is 4.69. The van der Waals surface area contributed by atoms with Gasteiger partial charge in [0, 0.05) is 18.1 Å². The molecule has 3 fully saturated rings. The van der Waals surface area contributed by atoms with Crippen molar-refractivity contribution in [3.63, 3.8) is 0 Å². The van der Waals surface area contributed by atoms with Crippen molar-refractivity contribution in [3.8, 4) is 0 Å². The molecule has 3 aliphatic rings. The molecule has 2 aliphatic carbocycles. The second-order valence-electron chi connectivity index (χ2n) is 6.90. The van der Waals surface area contributed by atoms with Crippen LogP contribution in [0.15, 0.2) is 0 Å². The second kappa shape index (κ2) is 5.92. The highest BCUT2D eigenvalue weighted by molar-refractivity contribution is 4.94. The lowest BCUT2D eigenvalue weighted by molar-refractivity contribution is 0.268. The Bertz CT molecular complexity index is 254. The molecule has 2 heteroatoms. The van der Waals surface area contributed by atoms with Crippen LogP contribution in [0.3, 0.4) is 0 Å². The van der Waals surface area contributed by atoms with Crippen molar-refractivity contribution in [2.75, 3.05) is 6.54 Å². The van der Waals surface area contributed by atoms with E-state index in [4.69, 9.17) is 0 Å². The van der Waals surface area contributed by atoms with E-state index in [1.807, 2.05) is 0 Å². The van der Waals surface area contributed by atoms with E-state index in [9.17, 15) is 0 Å². The quantitative estimate of drug-likeness (QED) is 0.801. The van der Waals surface area contributed by atoms with Crippen molar-refractivity contribution >= 4 is 0 Å². The van der Waals surface area contributed by atoms with Crippen molar-refractivity contribution in [2.24, 2.45) is 11.8 Å². The first kappa shape index (κ1) is 12.9. The topological polar surface area (TPSA) is 24.1 Å². The molecule has 0 amide bonds. The molecule has 0 aromatic heterocycles. The minimum absolute atomic E-state index is 0.750. The van der Waals surface area contributed by atoms with Gasteiger partial charge in [-0.3, -0.25) is 0 Å². The molecule has 0 spiro atoms. The van der Waals surface area contributed by atoms with Crippen LogP contribution >= 0.6 is 0 Å². The molecule has 2 saturated carbocycles. The highest BCUT2D eigenvalue weighted by Crippen LogP contribution is 2.34. The van der Waals surface area contributed by atoms with Gasteiger partial charge >= 0.3 is 0 Å². The molecule has 0 radical (unpaired) electrons. The van der Waals surface area contributed by atoms with Crippen LogP contribution in [0.5, 0.6) is 0 Å². The Morgan fingerprint density at radius 2 is 1.78 bits per heavy atom. The third kappa shape index (κ3) is 2.75. The van der Waals surface area contributed by atoms with Gasteiger partial charge in [-0.1, -0.05) is 19.3 Å². The van der Waals surface area contributed by atoms with E-state index >= 15 is 0 Å². The summed E-state index contributed by atoms with van der Waals surface area (Å²) in [7, 11) is 0. The summed E-state index contributed by atoms with van der Waals surface area (Å²) in [5, 5.41) is 7.74. The molecule has 2 nitrogen and oxygen atoms in total. The summed E-state index contributed by atoms with van der Waals surface area (Å²) in [4.78, 5) is 0. The summed E-state index contributed by atoms with van der Waals surface area (Å²) in [5.41, 5.74) is 0. The third-order valence-electron chi connectivity index (χ3n) is 5.77. The molecule has 3 rings (SSSR count). The van der Waals surface area contributed by atoms with Gasteiger partial charge in [0.15, 0.2) is 0 Å². The average molecular weight is 250 g/mol. The Morgan fingerprint density at radius 3 is 2.50 bits per heavy atom. The lowest BCUT2D eigenvalue weighted by Gasteiger charge is -2.31. The standard InChI is InChI=1S/C16H30N2/c1-12(13-6-2-3-7-13)18-16-9-4-8-14(16)15-10-5-11-17-15/h12-18H,2-11H2,1H3. The van der Waals surface area contributed by atoms with Crippen LogP contribution in [0, 0.1) is 11.8 Å². The zero-order chi connectivity index (χ0) is 12.4. The fraction of sp³-hybridized carbons (Fsp3) is 1.00. The molecule has 1 saturated heterocycles.